The number of carboxylic acid groups (broad SMARTS) is 6. The molecule has 0 aliphatic heterocycles. The molecule has 21 aromatic carbocycles. The fourth-order valence-electron chi connectivity index (χ4n) is 15.0. The van der Waals surface area contributed by atoms with Crippen LogP contribution in [0.4, 0.5) is 0 Å². The van der Waals surface area contributed by atoms with E-state index in [-0.39, 0.29) is 98.8 Å². The predicted molar refractivity (Wildman–Crippen MR) is 594 cm³/mol. The number of rotatable bonds is 24. The summed E-state index contributed by atoms with van der Waals surface area (Å²) in [7, 11) is -0.0878. The summed E-state index contributed by atoms with van der Waals surface area (Å²) >= 11 is 0. The third-order valence-electron chi connectivity index (χ3n) is 21.7. The average Bonchev–Trinajstić information content (AvgIpc) is 0.824. The Morgan fingerprint density at radius 3 is 0.200 bits per heavy atom. The Kier molecular flexibility index (Phi) is 44.2. The Morgan fingerprint density at radius 2 is 0.147 bits per heavy atom. The summed E-state index contributed by atoms with van der Waals surface area (Å²) in [5.74, 6) is -9.11. The van der Waals surface area contributed by atoms with Crippen LogP contribution in [0.3, 0.4) is 0 Å². The summed E-state index contributed by atoms with van der Waals surface area (Å²) in [6.07, 6.45) is 0. The lowest BCUT2D eigenvalue weighted by Crippen LogP contribution is -2.29. The van der Waals surface area contributed by atoms with Gasteiger partial charge in [-0.1, -0.05) is 400 Å². The van der Waals surface area contributed by atoms with Gasteiger partial charge in [-0.05, 0) is 218 Å². The molecule has 0 radical (unpaired) electrons. The minimum Gasteiger partial charge on any atom is -0.545 e. The monoisotopic (exact) mass is 2070 g/mol. The Morgan fingerprint density at radius 1 is 0.0933 bits per heavy atom. The van der Waals surface area contributed by atoms with Crippen LogP contribution in [-0.4, -0.2) is 35.8 Å². The molecular weight excluding hydrogens is 1970 g/mol. The summed E-state index contributed by atoms with van der Waals surface area (Å²) in [4.78, 5) is 86.4. The van der Waals surface area contributed by atoms with E-state index in [1.54, 1.807) is 0 Å². The average molecular weight is 2070 g/mol. The van der Waals surface area contributed by atoms with Crippen molar-refractivity contribution in [2.45, 2.75) is 88.1 Å². The van der Waals surface area contributed by atoms with Gasteiger partial charge in [0.25, 0.3) is 0 Å². The van der Waals surface area contributed by atoms with Crippen LogP contribution in [0.25, 0.3) is 0 Å². The van der Waals surface area contributed by atoms with Crippen LogP contribution < -0.4 is 30.6 Å². The quantitative estimate of drug-likeness (QED) is 0.0513. The maximum Gasteiger partial charge on any atom is 0.166 e. The van der Waals surface area contributed by atoms with E-state index in [9.17, 15) is 59.4 Å². The van der Waals surface area contributed by atoms with Crippen molar-refractivity contribution < 1.29 is 59.4 Å². The van der Waals surface area contributed by atoms with Crippen molar-refractivity contribution in [2.24, 2.45) is 0 Å². The van der Waals surface area contributed by atoms with Gasteiger partial charge in [0.15, 0.2) is 88.1 Å². The summed E-state index contributed by atoms with van der Waals surface area (Å²) in [6, 6.07) is 208. The topological polar surface area (TPSA) is 241 Å². The van der Waals surface area contributed by atoms with Crippen molar-refractivity contribution in [3.05, 3.63) is 652 Å². The van der Waals surface area contributed by atoms with E-state index < -0.39 is 35.8 Å². The molecule has 0 aromatic heterocycles. The van der Waals surface area contributed by atoms with Gasteiger partial charge in [-0.3, -0.25) is 0 Å². The van der Waals surface area contributed by atoms with Crippen LogP contribution in [0.2, 0.25) is 0 Å². The highest BCUT2D eigenvalue weighted by atomic mass is 32.2. The Balaban J connectivity index is 0.000000141. The Labute approximate surface area is 893 Å². The SMILES string of the molecule is O=C([O-])c1ccccc1C(=O)[O-].O=C([O-])c1ccccc1C(=O)[O-].O=C([O-])c1ccccc1C(=O)[O-].c1ccc([S+](c2ccccc2)c2ccccc2)cc1.c1ccc([S+](c2ccccc2)c2ccccc2)cc1.c1ccc([S+](c2ccccc2)c2ccccc2)cc1.c1ccc([S+](c2ccccc2)c2ccccc2)cc1.c1ccc([S+](c2ccccc2)c2ccccc2)cc1.c1ccc([S+](c2ccccc2)c2ccccc2)cc1. The number of hydrogen-bond donors (Lipinski definition) is 0. The molecule has 0 saturated heterocycles. The first-order valence-electron chi connectivity index (χ1n) is 47.5. The van der Waals surface area contributed by atoms with Crippen LogP contribution in [0.15, 0.2) is 707 Å². The molecule has 738 valence electrons. The van der Waals surface area contributed by atoms with Gasteiger partial charge in [-0.25, -0.2) is 0 Å². The van der Waals surface area contributed by atoms with Crippen molar-refractivity contribution in [1.29, 1.82) is 0 Å². The second-order valence-electron chi connectivity index (χ2n) is 31.8. The molecule has 0 unspecified atom stereocenters. The van der Waals surface area contributed by atoms with Crippen LogP contribution >= 0.6 is 0 Å². The first kappa shape index (κ1) is 110. The molecule has 0 amide bonds. The number of hydrogen-bond acceptors (Lipinski definition) is 12. The summed E-state index contributed by atoms with van der Waals surface area (Å²) in [5, 5.41) is 61.9. The zero-order chi connectivity index (χ0) is 105. The molecule has 0 atom stereocenters. The van der Waals surface area contributed by atoms with Gasteiger partial charge in [0, 0.05) is 33.4 Å². The highest BCUT2D eigenvalue weighted by Gasteiger charge is 2.34. The molecule has 0 fully saturated rings. The molecule has 12 nitrogen and oxygen atoms in total. The van der Waals surface area contributed by atoms with E-state index in [2.05, 4.69) is 546 Å². The third kappa shape index (κ3) is 33.5. The molecule has 0 N–H and O–H groups in total. The second-order valence-corrected chi connectivity index (χ2v) is 44.0. The fraction of sp³-hybridized carbons (Fsp3) is 0. The number of benzene rings is 21. The Bertz CT molecular complexity index is 5840. The minimum absolute atomic E-state index is 0.0146. The standard InChI is InChI=1S/6C18H15S.3C8H6O4/c6*1-4-10-16(11-5-1)19(17-12-6-2-7-13-17)18-14-8-3-9-15-18;3*9-7(10)5-3-1-2-4-6(5)8(11)12/h6*1-15H;3*1-4H,(H,9,10)(H,11,12)/q6*+1;;;/p-6. The van der Waals surface area contributed by atoms with Gasteiger partial charge in [0.2, 0.25) is 0 Å². The molecule has 21 aromatic rings. The van der Waals surface area contributed by atoms with E-state index in [4.69, 9.17) is 0 Å². The van der Waals surface area contributed by atoms with E-state index in [0.29, 0.717) is 0 Å². The van der Waals surface area contributed by atoms with Crippen molar-refractivity contribution in [3.63, 3.8) is 0 Å². The van der Waals surface area contributed by atoms with Crippen molar-refractivity contribution >= 4 is 101 Å². The molecule has 0 aliphatic carbocycles. The number of aromatic carboxylic acids is 6. The van der Waals surface area contributed by atoms with Crippen LogP contribution in [0, 0.1) is 0 Å². The second kappa shape index (κ2) is 60.5. The fourth-order valence-corrected chi connectivity index (χ4v) is 27.6. The number of carboxylic acids is 6. The zero-order valence-electron chi connectivity index (χ0n) is 81.2. The van der Waals surface area contributed by atoms with Crippen molar-refractivity contribution in [3.8, 4) is 0 Å². The predicted octanol–water partition coefficient (Wildman–Crippen LogP) is 23.9. The largest absolute Gasteiger partial charge is 0.545 e. The minimum atomic E-state index is -1.52. The third-order valence-corrected chi connectivity index (χ3v) is 35.1. The summed E-state index contributed by atoms with van der Waals surface area (Å²) in [6.45, 7) is 0. The Hall–Kier alpha value is -17.5. The van der Waals surface area contributed by atoms with Gasteiger partial charge in [-0.15, -0.1) is 0 Å². The lowest BCUT2D eigenvalue weighted by atomic mass is 10.1. The highest BCUT2D eigenvalue weighted by Crippen LogP contribution is 2.38. The highest BCUT2D eigenvalue weighted by molar-refractivity contribution is 7.98. The molecular formula is C132H102O12S6. The molecule has 0 saturated carbocycles. The van der Waals surface area contributed by atoms with Crippen LogP contribution in [0.5, 0.6) is 0 Å². The van der Waals surface area contributed by atoms with E-state index >= 15 is 0 Å². The molecule has 21 rings (SSSR count). The first-order chi connectivity index (χ1) is 73.6. The maximum absolute atomic E-state index is 10.3. The van der Waals surface area contributed by atoms with E-state index in [1.165, 1.54) is 125 Å². The van der Waals surface area contributed by atoms with E-state index in [1.807, 2.05) is 0 Å². The van der Waals surface area contributed by atoms with E-state index in [0.717, 1.165) is 36.4 Å². The lowest BCUT2D eigenvalue weighted by molar-refractivity contribution is -0.259. The number of carbonyl (C=O) groups is 6. The number of carbonyl (C=O) groups excluding carboxylic acids is 6. The molecule has 18 heteroatoms. The first-order valence-corrected chi connectivity index (χ1v) is 54.8. The lowest BCUT2D eigenvalue weighted by Gasteiger charge is -2.09. The van der Waals surface area contributed by atoms with Gasteiger partial charge in [0.1, 0.15) is 0 Å². The van der Waals surface area contributed by atoms with Gasteiger partial charge < -0.3 is 59.4 Å². The van der Waals surface area contributed by atoms with Crippen molar-refractivity contribution in [1.82, 2.24) is 0 Å². The van der Waals surface area contributed by atoms with Gasteiger partial charge in [0.05, 0.1) is 101 Å². The summed E-state index contributed by atoms with van der Waals surface area (Å²) in [5.41, 5.74) is -2.18. The zero-order valence-corrected chi connectivity index (χ0v) is 86.1. The summed E-state index contributed by atoms with van der Waals surface area (Å²) < 4.78 is 0. The molecule has 0 heterocycles. The van der Waals surface area contributed by atoms with Crippen molar-refractivity contribution in [2.75, 3.05) is 0 Å². The van der Waals surface area contributed by atoms with Gasteiger partial charge >= 0.3 is 0 Å². The molecule has 150 heavy (non-hydrogen) atoms. The molecule has 0 spiro atoms. The normalized spacial score (nSPS) is 10.3. The van der Waals surface area contributed by atoms with Gasteiger partial charge in [-0.2, -0.15) is 0 Å². The maximum atomic E-state index is 10.3. The molecule has 0 aliphatic rings. The smallest absolute Gasteiger partial charge is 0.166 e. The van der Waals surface area contributed by atoms with Crippen LogP contribution in [-0.2, 0) is 65.4 Å². The van der Waals surface area contributed by atoms with Crippen LogP contribution in [0.1, 0.15) is 62.1 Å². The molecule has 0 bridgehead atoms.